The molecule has 0 saturated heterocycles. The number of rotatable bonds is 6. The van der Waals surface area contributed by atoms with Crippen LogP contribution in [0.4, 0.5) is 0 Å². The Labute approximate surface area is 174 Å². The van der Waals surface area contributed by atoms with E-state index in [0.29, 0.717) is 12.1 Å². The molecule has 2 N–H and O–H groups in total. The summed E-state index contributed by atoms with van der Waals surface area (Å²) in [6, 6.07) is 14.1. The summed E-state index contributed by atoms with van der Waals surface area (Å²) >= 11 is 3.36. The molecule has 4 rings (SSSR count). The third-order valence-electron chi connectivity index (χ3n) is 5.71. The summed E-state index contributed by atoms with van der Waals surface area (Å²) in [6.45, 7) is 2.45. The Kier molecular flexibility index (Phi) is 5.67. The van der Waals surface area contributed by atoms with Crippen LogP contribution in [0.3, 0.4) is 0 Å². The number of aliphatic hydroxyl groups excluding tert-OH is 1. The van der Waals surface area contributed by atoms with Gasteiger partial charge in [-0.1, -0.05) is 25.0 Å². The lowest BCUT2D eigenvalue weighted by atomic mass is 9.84. The van der Waals surface area contributed by atoms with Gasteiger partial charge >= 0.3 is 0 Å². The smallest absolute Gasteiger partial charge is 0.251 e. The molecule has 1 aromatic carbocycles. The lowest BCUT2D eigenvalue weighted by Gasteiger charge is -2.28. The zero-order valence-corrected chi connectivity index (χ0v) is 17.6. The molecule has 0 unspecified atom stereocenters. The normalized spacial score (nSPS) is 16.8. The van der Waals surface area contributed by atoms with Gasteiger partial charge < -0.3 is 10.4 Å². The topological polar surface area (TPSA) is 49.3 Å². The van der Waals surface area contributed by atoms with Crippen LogP contribution in [0.5, 0.6) is 0 Å². The minimum Gasteiger partial charge on any atom is -0.388 e. The zero-order chi connectivity index (χ0) is 19.6. The van der Waals surface area contributed by atoms with E-state index in [1.54, 1.807) is 29.6 Å². The Morgan fingerprint density at radius 2 is 1.86 bits per heavy atom. The van der Waals surface area contributed by atoms with Crippen molar-refractivity contribution < 1.29 is 9.90 Å². The summed E-state index contributed by atoms with van der Waals surface area (Å²) in [5.74, 6) is -0.0181. The Morgan fingerprint density at radius 3 is 2.46 bits per heavy atom. The van der Waals surface area contributed by atoms with E-state index < -0.39 is 6.10 Å². The third kappa shape index (κ3) is 3.93. The first-order valence-corrected chi connectivity index (χ1v) is 11.5. The molecule has 3 nitrogen and oxygen atoms in total. The summed E-state index contributed by atoms with van der Waals surface area (Å²) < 4.78 is 0. The molecule has 0 radical (unpaired) electrons. The molecule has 2 aromatic heterocycles. The van der Waals surface area contributed by atoms with Gasteiger partial charge in [0.15, 0.2) is 0 Å². The Morgan fingerprint density at radius 1 is 1.11 bits per heavy atom. The standard InChI is InChI=1S/C23H25NO2S2/c1-16(25)20-8-9-21(28-20)23(11-2-3-12-23)15-24-22(26)18-6-4-17(5-7-18)19-10-13-27-14-19/h4-10,13-14,16,25H,2-3,11-12,15H2,1H3,(H,24,26)/t16-/m0/s1. The fraction of sp³-hybridized carbons (Fsp3) is 0.348. The molecule has 1 aliphatic rings. The second kappa shape index (κ2) is 8.19. The summed E-state index contributed by atoms with van der Waals surface area (Å²) in [5.41, 5.74) is 3.02. The summed E-state index contributed by atoms with van der Waals surface area (Å²) in [6.07, 6.45) is 4.11. The first-order valence-electron chi connectivity index (χ1n) is 9.76. The van der Waals surface area contributed by atoms with Crippen molar-refractivity contribution in [1.82, 2.24) is 5.32 Å². The quantitative estimate of drug-likeness (QED) is 0.541. The maximum absolute atomic E-state index is 12.7. The molecule has 3 aromatic rings. The molecule has 2 heterocycles. The molecule has 1 saturated carbocycles. The van der Waals surface area contributed by atoms with Gasteiger partial charge in [0.1, 0.15) is 0 Å². The van der Waals surface area contributed by atoms with Crippen molar-refractivity contribution in [3.63, 3.8) is 0 Å². The van der Waals surface area contributed by atoms with Gasteiger partial charge in [-0.25, -0.2) is 0 Å². The molecule has 0 aliphatic heterocycles. The van der Waals surface area contributed by atoms with E-state index in [1.807, 2.05) is 30.3 Å². The number of thiophene rings is 2. The second-order valence-corrected chi connectivity index (χ2v) is 9.53. The van der Waals surface area contributed by atoms with E-state index in [1.165, 1.54) is 23.3 Å². The molecule has 28 heavy (non-hydrogen) atoms. The number of carbonyl (C=O) groups excluding carboxylic acids is 1. The average molecular weight is 412 g/mol. The van der Waals surface area contributed by atoms with E-state index in [9.17, 15) is 9.90 Å². The van der Waals surface area contributed by atoms with Crippen LogP contribution in [0, 0.1) is 0 Å². The van der Waals surface area contributed by atoms with Gasteiger partial charge in [0.2, 0.25) is 0 Å². The number of amides is 1. The van der Waals surface area contributed by atoms with Gasteiger partial charge in [0, 0.05) is 27.3 Å². The molecule has 1 atom stereocenters. The Hall–Kier alpha value is -1.95. The second-order valence-electron chi connectivity index (χ2n) is 7.64. The third-order valence-corrected chi connectivity index (χ3v) is 7.90. The minimum atomic E-state index is -0.437. The van der Waals surface area contributed by atoms with Crippen molar-refractivity contribution in [2.24, 2.45) is 0 Å². The van der Waals surface area contributed by atoms with Crippen molar-refractivity contribution in [2.45, 2.75) is 44.1 Å². The lowest BCUT2D eigenvalue weighted by Crippen LogP contribution is -2.38. The average Bonchev–Trinajstić information content (AvgIpc) is 3.48. The number of nitrogens with one attached hydrogen (secondary N) is 1. The van der Waals surface area contributed by atoms with Crippen LogP contribution in [0.15, 0.2) is 53.2 Å². The first kappa shape index (κ1) is 19.4. The van der Waals surface area contributed by atoms with Crippen molar-refractivity contribution in [1.29, 1.82) is 0 Å². The van der Waals surface area contributed by atoms with Crippen LogP contribution in [0.1, 0.15) is 58.8 Å². The SMILES string of the molecule is C[C@H](O)c1ccc(C2(CNC(=O)c3ccc(-c4ccsc4)cc3)CCCC2)s1. The molecule has 146 valence electrons. The van der Waals surface area contributed by atoms with Gasteiger partial charge in [0.25, 0.3) is 5.91 Å². The molecule has 0 bridgehead atoms. The maximum Gasteiger partial charge on any atom is 0.251 e. The number of benzene rings is 1. The molecular formula is C23H25NO2S2. The van der Waals surface area contributed by atoms with Crippen LogP contribution in [0.25, 0.3) is 11.1 Å². The van der Waals surface area contributed by atoms with E-state index in [4.69, 9.17) is 0 Å². The minimum absolute atomic E-state index is 0.00405. The van der Waals surface area contributed by atoms with Crippen molar-refractivity contribution in [3.05, 3.63) is 68.5 Å². The molecule has 1 aliphatic carbocycles. The predicted octanol–water partition coefficient (Wildman–Crippen LogP) is 5.77. The monoisotopic (exact) mass is 411 g/mol. The number of aliphatic hydroxyl groups is 1. The van der Waals surface area contributed by atoms with Gasteiger partial charge in [-0.05, 0) is 72.0 Å². The van der Waals surface area contributed by atoms with Crippen LogP contribution < -0.4 is 5.32 Å². The van der Waals surface area contributed by atoms with E-state index in [-0.39, 0.29) is 11.3 Å². The lowest BCUT2D eigenvalue weighted by molar-refractivity contribution is 0.0943. The summed E-state index contributed by atoms with van der Waals surface area (Å²) in [5, 5.41) is 17.2. The van der Waals surface area contributed by atoms with Crippen LogP contribution in [-0.2, 0) is 5.41 Å². The van der Waals surface area contributed by atoms with Crippen LogP contribution in [-0.4, -0.2) is 17.6 Å². The largest absolute Gasteiger partial charge is 0.388 e. The van der Waals surface area contributed by atoms with E-state index >= 15 is 0 Å². The highest BCUT2D eigenvalue weighted by molar-refractivity contribution is 7.12. The fourth-order valence-electron chi connectivity index (χ4n) is 4.02. The number of hydrogen-bond acceptors (Lipinski definition) is 4. The molecule has 1 fully saturated rings. The Bertz CT molecular complexity index is 920. The predicted molar refractivity (Wildman–Crippen MR) is 117 cm³/mol. The van der Waals surface area contributed by atoms with E-state index in [2.05, 4.69) is 28.2 Å². The van der Waals surface area contributed by atoms with Crippen LogP contribution in [0.2, 0.25) is 0 Å². The fourth-order valence-corrected chi connectivity index (χ4v) is 5.87. The van der Waals surface area contributed by atoms with Crippen molar-refractivity contribution in [2.75, 3.05) is 6.54 Å². The highest BCUT2D eigenvalue weighted by atomic mass is 32.1. The van der Waals surface area contributed by atoms with Crippen LogP contribution >= 0.6 is 22.7 Å². The highest BCUT2D eigenvalue weighted by Gasteiger charge is 2.37. The highest BCUT2D eigenvalue weighted by Crippen LogP contribution is 2.44. The summed E-state index contributed by atoms with van der Waals surface area (Å²) in [7, 11) is 0. The maximum atomic E-state index is 12.7. The summed E-state index contributed by atoms with van der Waals surface area (Å²) in [4.78, 5) is 15.0. The zero-order valence-electron chi connectivity index (χ0n) is 16.0. The number of hydrogen-bond donors (Lipinski definition) is 2. The van der Waals surface area contributed by atoms with E-state index in [0.717, 1.165) is 23.3 Å². The number of carbonyl (C=O) groups is 1. The van der Waals surface area contributed by atoms with Gasteiger partial charge in [0.05, 0.1) is 6.10 Å². The van der Waals surface area contributed by atoms with Gasteiger partial charge in [-0.15, -0.1) is 11.3 Å². The molecular weight excluding hydrogens is 386 g/mol. The molecule has 5 heteroatoms. The van der Waals surface area contributed by atoms with Gasteiger partial charge in [-0.3, -0.25) is 4.79 Å². The molecule has 0 spiro atoms. The van der Waals surface area contributed by atoms with Gasteiger partial charge in [-0.2, -0.15) is 11.3 Å². The van der Waals surface area contributed by atoms with Crippen molar-refractivity contribution in [3.8, 4) is 11.1 Å². The first-order chi connectivity index (χ1) is 13.6. The molecule has 1 amide bonds. The Balaban J connectivity index is 1.46. The van der Waals surface area contributed by atoms with Crippen molar-refractivity contribution >= 4 is 28.6 Å².